The van der Waals surface area contributed by atoms with Gasteiger partial charge in [-0.3, -0.25) is 4.79 Å². The van der Waals surface area contributed by atoms with Crippen molar-refractivity contribution in [3.63, 3.8) is 0 Å². The topological polar surface area (TPSA) is 90.5 Å². The Morgan fingerprint density at radius 2 is 2.10 bits per heavy atom. The third-order valence-corrected chi connectivity index (χ3v) is 5.81. The van der Waals surface area contributed by atoms with E-state index in [0.29, 0.717) is 29.7 Å². The number of nitrogens with one attached hydrogen (secondary N) is 1. The summed E-state index contributed by atoms with van der Waals surface area (Å²) in [5.74, 6) is 0.921. The predicted octanol–water partition coefficient (Wildman–Crippen LogP) is 3.17. The molecule has 7 nitrogen and oxygen atoms in total. The van der Waals surface area contributed by atoms with Crippen LogP contribution in [0, 0.1) is 0 Å². The predicted molar refractivity (Wildman–Crippen MR) is 110 cm³/mol. The second-order valence-electron chi connectivity index (χ2n) is 7.78. The van der Waals surface area contributed by atoms with Gasteiger partial charge in [0.15, 0.2) is 0 Å². The Hall–Kier alpha value is -3.35. The average molecular weight is 406 g/mol. The number of hydrogen-bond donors (Lipinski definition) is 1. The van der Waals surface area contributed by atoms with Crippen molar-refractivity contribution in [1.82, 2.24) is 10.2 Å². The Kier molecular flexibility index (Phi) is 4.65. The van der Waals surface area contributed by atoms with Gasteiger partial charge in [0.1, 0.15) is 17.1 Å². The maximum Gasteiger partial charge on any atom is 0.341 e. The van der Waals surface area contributed by atoms with E-state index in [2.05, 4.69) is 10.2 Å². The third kappa shape index (κ3) is 3.30. The van der Waals surface area contributed by atoms with Gasteiger partial charge in [-0.15, -0.1) is 0 Å². The molecule has 2 aromatic carbocycles. The van der Waals surface area contributed by atoms with Crippen LogP contribution in [0.4, 0.5) is 0 Å². The highest BCUT2D eigenvalue weighted by Crippen LogP contribution is 2.33. The van der Waals surface area contributed by atoms with E-state index in [4.69, 9.17) is 14.2 Å². The van der Waals surface area contributed by atoms with Gasteiger partial charge in [0.05, 0.1) is 30.9 Å². The molecule has 0 saturated heterocycles. The van der Waals surface area contributed by atoms with Crippen molar-refractivity contribution in [2.45, 2.75) is 38.2 Å². The second kappa shape index (κ2) is 7.48. The van der Waals surface area contributed by atoms with Crippen LogP contribution in [0.25, 0.3) is 10.8 Å². The summed E-state index contributed by atoms with van der Waals surface area (Å²) in [6, 6.07) is 9.32. The highest BCUT2D eigenvalue weighted by Gasteiger charge is 2.24. The maximum atomic E-state index is 12.3. The summed E-state index contributed by atoms with van der Waals surface area (Å²) in [7, 11) is 1.36. The molecule has 0 amide bonds. The zero-order chi connectivity index (χ0) is 20.7. The highest BCUT2D eigenvalue weighted by molar-refractivity contribution is 5.93. The smallest absolute Gasteiger partial charge is 0.341 e. The fourth-order valence-corrected chi connectivity index (χ4v) is 4.02. The van der Waals surface area contributed by atoms with Crippen LogP contribution in [0.3, 0.4) is 0 Å². The second-order valence-corrected chi connectivity index (χ2v) is 7.78. The van der Waals surface area contributed by atoms with Crippen molar-refractivity contribution in [2.24, 2.45) is 0 Å². The number of carbonyl (C=O) groups excluding carboxylic acids is 1. The normalized spacial score (nSPS) is 15.4. The first-order chi connectivity index (χ1) is 14.6. The van der Waals surface area contributed by atoms with Crippen molar-refractivity contribution >= 4 is 16.7 Å². The van der Waals surface area contributed by atoms with Gasteiger partial charge in [-0.25, -0.2) is 9.89 Å². The summed E-state index contributed by atoms with van der Waals surface area (Å²) in [5.41, 5.74) is 2.80. The molecule has 1 fully saturated rings. The molecule has 2 aliphatic rings. The molecule has 0 radical (unpaired) electrons. The number of esters is 1. The van der Waals surface area contributed by atoms with Crippen molar-refractivity contribution in [3.05, 3.63) is 63.1 Å². The van der Waals surface area contributed by atoms with Gasteiger partial charge in [-0.2, -0.15) is 5.10 Å². The zero-order valence-electron chi connectivity index (χ0n) is 16.7. The molecule has 1 saturated carbocycles. The Balaban J connectivity index is 1.55. The number of methoxy groups -OCH3 is 1. The number of hydrogen-bond acceptors (Lipinski definition) is 6. The Bertz CT molecular complexity index is 1200. The van der Waals surface area contributed by atoms with Crippen LogP contribution >= 0.6 is 0 Å². The van der Waals surface area contributed by atoms with Gasteiger partial charge in [-0.1, -0.05) is 6.07 Å². The molecule has 30 heavy (non-hydrogen) atoms. The summed E-state index contributed by atoms with van der Waals surface area (Å²) < 4.78 is 16.6. The van der Waals surface area contributed by atoms with Crippen LogP contribution in [0.2, 0.25) is 0 Å². The first-order valence-electron chi connectivity index (χ1n) is 10.2. The van der Waals surface area contributed by atoms with Crippen LogP contribution in [0.15, 0.2) is 35.1 Å². The lowest BCUT2D eigenvalue weighted by Gasteiger charge is -2.26. The third-order valence-electron chi connectivity index (χ3n) is 5.81. The molecule has 2 heterocycles. The zero-order valence-corrected chi connectivity index (χ0v) is 16.7. The average Bonchev–Trinajstić information content (AvgIpc) is 3.20. The Morgan fingerprint density at radius 3 is 2.87 bits per heavy atom. The minimum atomic E-state index is -0.425. The number of rotatable bonds is 5. The number of carbonyl (C=O) groups is 1. The van der Waals surface area contributed by atoms with Gasteiger partial charge in [0, 0.05) is 18.2 Å². The summed E-state index contributed by atoms with van der Waals surface area (Å²) in [4.78, 5) is 24.5. The fourth-order valence-electron chi connectivity index (χ4n) is 4.02. The van der Waals surface area contributed by atoms with E-state index in [1.54, 1.807) is 12.1 Å². The first-order valence-corrected chi connectivity index (χ1v) is 10.2. The molecule has 0 spiro atoms. The van der Waals surface area contributed by atoms with Crippen LogP contribution in [-0.2, 0) is 17.6 Å². The molecule has 3 aromatic rings. The molecule has 0 atom stereocenters. The number of fused-ring (bicyclic) bond motifs is 2. The van der Waals surface area contributed by atoms with Gasteiger partial charge >= 0.3 is 5.97 Å². The number of H-pyrrole nitrogens is 1. The van der Waals surface area contributed by atoms with Crippen molar-refractivity contribution in [2.75, 3.05) is 13.7 Å². The molecule has 0 bridgehead atoms. The lowest BCUT2D eigenvalue weighted by Crippen LogP contribution is -2.24. The summed E-state index contributed by atoms with van der Waals surface area (Å²) in [6.45, 7) is 0.546. The fraction of sp³-hybridized carbons (Fsp3) is 0.348. The van der Waals surface area contributed by atoms with Crippen LogP contribution in [-0.4, -0.2) is 36.0 Å². The van der Waals surface area contributed by atoms with Crippen LogP contribution in [0.1, 0.15) is 46.4 Å². The highest BCUT2D eigenvalue weighted by atomic mass is 16.5. The van der Waals surface area contributed by atoms with E-state index >= 15 is 0 Å². The van der Waals surface area contributed by atoms with Crippen molar-refractivity contribution < 1.29 is 19.0 Å². The van der Waals surface area contributed by atoms with E-state index in [1.165, 1.54) is 13.5 Å². The van der Waals surface area contributed by atoms with Crippen LogP contribution in [0.5, 0.6) is 11.5 Å². The molecule has 1 aromatic heterocycles. The quantitative estimate of drug-likeness (QED) is 0.655. The standard InChI is InChI=1S/C23H22N2O5/c1-28-23(27)19-10-13(9-14-7-8-29-21(14)19)11-20-18-12-16(30-15-3-2-4-15)5-6-17(18)22(26)25-24-20/h5-6,9-10,12,15H,2-4,7-8,11H2,1H3,(H,25,26). The number of aromatic amines is 1. The van der Waals surface area contributed by atoms with Crippen LogP contribution < -0.4 is 15.0 Å². The molecule has 7 heteroatoms. The summed E-state index contributed by atoms with van der Waals surface area (Å²) in [5, 5.41) is 8.21. The molecule has 0 unspecified atom stereocenters. The monoisotopic (exact) mass is 406 g/mol. The van der Waals surface area contributed by atoms with Crippen molar-refractivity contribution in [1.29, 1.82) is 0 Å². The molecule has 1 aliphatic heterocycles. The summed E-state index contributed by atoms with van der Waals surface area (Å²) >= 11 is 0. The Labute approximate surface area is 173 Å². The number of aromatic nitrogens is 2. The molecule has 5 rings (SSSR count). The molecule has 154 valence electrons. The Morgan fingerprint density at radius 1 is 1.23 bits per heavy atom. The minimum Gasteiger partial charge on any atom is -0.492 e. The van der Waals surface area contributed by atoms with Crippen molar-refractivity contribution in [3.8, 4) is 11.5 Å². The van der Waals surface area contributed by atoms with Gasteiger partial charge in [0.2, 0.25) is 0 Å². The largest absolute Gasteiger partial charge is 0.492 e. The van der Waals surface area contributed by atoms with E-state index in [9.17, 15) is 9.59 Å². The molecular formula is C23H22N2O5. The van der Waals surface area contributed by atoms with E-state index in [0.717, 1.165) is 47.2 Å². The lowest BCUT2D eigenvalue weighted by molar-refractivity contribution is 0.0597. The molecule has 1 aliphatic carbocycles. The lowest BCUT2D eigenvalue weighted by atomic mass is 9.96. The van der Waals surface area contributed by atoms with E-state index in [1.807, 2.05) is 18.2 Å². The summed E-state index contributed by atoms with van der Waals surface area (Å²) in [6.07, 6.45) is 4.76. The SMILES string of the molecule is COC(=O)c1cc(Cc2n[nH]c(=O)c3ccc(OC4CCC4)cc23)cc2c1OCC2. The molecule has 1 N–H and O–H groups in total. The minimum absolute atomic E-state index is 0.235. The van der Waals surface area contributed by atoms with E-state index in [-0.39, 0.29) is 11.7 Å². The number of ether oxygens (including phenoxy) is 3. The van der Waals surface area contributed by atoms with E-state index < -0.39 is 5.97 Å². The number of benzene rings is 2. The maximum absolute atomic E-state index is 12.3. The van der Waals surface area contributed by atoms with Gasteiger partial charge in [0.25, 0.3) is 5.56 Å². The molecular weight excluding hydrogens is 384 g/mol. The first kappa shape index (κ1) is 18.7. The number of nitrogens with zero attached hydrogens (tertiary/aromatic N) is 1. The van der Waals surface area contributed by atoms with Gasteiger partial charge < -0.3 is 14.2 Å². The van der Waals surface area contributed by atoms with Gasteiger partial charge in [-0.05, 0) is 54.7 Å².